The summed E-state index contributed by atoms with van der Waals surface area (Å²) in [4.78, 5) is 24.1. The number of nitrogens with zero attached hydrogens (tertiary/aromatic N) is 2. The van der Waals surface area contributed by atoms with E-state index in [0.29, 0.717) is 0 Å². The van der Waals surface area contributed by atoms with Crippen LogP contribution in [0.4, 0.5) is 4.79 Å². The van der Waals surface area contributed by atoms with Crippen molar-refractivity contribution in [3.8, 4) is 12.1 Å². The van der Waals surface area contributed by atoms with Gasteiger partial charge in [-0.2, -0.15) is 10.5 Å². The molecule has 25 heavy (non-hydrogen) atoms. The Morgan fingerprint density at radius 1 is 1.20 bits per heavy atom. The second-order valence-corrected chi connectivity index (χ2v) is 5.97. The number of carbonyl (C=O) groups excluding carboxylic acids is 2. The van der Waals surface area contributed by atoms with Crippen molar-refractivity contribution in [3.63, 3.8) is 0 Å². The molecule has 2 rings (SSSR count). The molecule has 1 aromatic heterocycles. The smallest absolute Gasteiger partial charge is 0.408 e. The summed E-state index contributed by atoms with van der Waals surface area (Å²) in [7, 11) is 0. The van der Waals surface area contributed by atoms with Crippen LogP contribution >= 0.6 is 11.3 Å². The third-order valence-electron chi connectivity index (χ3n) is 3.46. The Bertz CT molecular complexity index is 834. The minimum Gasteiger partial charge on any atom is -0.434 e. The minimum absolute atomic E-state index is 0.0311. The van der Waals surface area contributed by atoms with Gasteiger partial charge in [-0.1, -0.05) is 18.2 Å². The number of thiophene rings is 1. The molecule has 0 saturated carbocycles. The number of benzene rings is 1. The number of ether oxygens (including phenoxy) is 1. The van der Waals surface area contributed by atoms with Crippen LogP contribution in [0.5, 0.6) is 0 Å². The predicted molar refractivity (Wildman–Crippen MR) is 92.8 cm³/mol. The zero-order valence-electron chi connectivity index (χ0n) is 13.3. The zero-order valence-corrected chi connectivity index (χ0v) is 14.1. The minimum atomic E-state index is -0.754. The second-order valence-electron chi connectivity index (χ2n) is 5.05. The van der Waals surface area contributed by atoms with Gasteiger partial charge in [0, 0.05) is 17.8 Å². The molecule has 0 bridgehead atoms. The Hall–Kier alpha value is -3.10. The first-order chi connectivity index (χ1) is 12.2. The quantitative estimate of drug-likeness (QED) is 0.738. The number of carbonyl (C=O) groups is 2. The molecule has 1 heterocycles. The van der Waals surface area contributed by atoms with Crippen molar-refractivity contribution in [2.75, 3.05) is 19.7 Å². The number of nitriles is 2. The summed E-state index contributed by atoms with van der Waals surface area (Å²) >= 11 is 1.52. The molecule has 0 aliphatic rings. The molecular weight excluding hydrogens is 340 g/mol. The van der Waals surface area contributed by atoms with Crippen molar-refractivity contribution >= 4 is 33.4 Å². The molecule has 0 radical (unpaired) electrons. The first-order valence-corrected chi connectivity index (χ1v) is 8.43. The van der Waals surface area contributed by atoms with Crippen molar-refractivity contribution in [2.24, 2.45) is 0 Å². The van der Waals surface area contributed by atoms with E-state index in [1.54, 1.807) is 6.07 Å². The second kappa shape index (κ2) is 9.26. The van der Waals surface area contributed by atoms with Gasteiger partial charge in [0.2, 0.25) is 5.91 Å². The number of alkyl carbamates (subject to hydrolysis) is 1. The molecule has 2 N–H and O–H groups in total. The average molecular weight is 356 g/mol. The summed E-state index contributed by atoms with van der Waals surface area (Å²) in [6, 6.07) is 11.4. The molecule has 8 heteroatoms. The predicted octanol–water partition coefficient (Wildman–Crippen LogP) is 2.26. The third kappa shape index (κ3) is 4.93. The normalized spacial score (nSPS) is 11.1. The van der Waals surface area contributed by atoms with Crippen LogP contribution in [0.2, 0.25) is 0 Å². The lowest BCUT2D eigenvalue weighted by Gasteiger charge is -2.17. The van der Waals surface area contributed by atoms with E-state index in [1.807, 2.05) is 35.7 Å². The van der Waals surface area contributed by atoms with E-state index < -0.39 is 12.0 Å². The molecule has 0 spiro atoms. The average Bonchev–Trinajstić information content (AvgIpc) is 3.04. The highest BCUT2D eigenvalue weighted by molar-refractivity contribution is 7.17. The number of rotatable bonds is 7. The monoisotopic (exact) mass is 356 g/mol. The molecular formula is C17H16N4O3S. The van der Waals surface area contributed by atoms with Crippen LogP contribution in [0.25, 0.3) is 10.1 Å². The fourth-order valence-corrected chi connectivity index (χ4v) is 3.33. The van der Waals surface area contributed by atoms with Crippen molar-refractivity contribution in [2.45, 2.75) is 12.3 Å². The van der Waals surface area contributed by atoms with Crippen molar-refractivity contribution in [1.29, 1.82) is 10.5 Å². The third-order valence-corrected chi connectivity index (χ3v) is 4.44. The SMILES string of the molecule is N#CCCNC(=O)C(CNC(=O)OCC#N)c1csc2ccccc12. The number of hydrogen-bond acceptors (Lipinski definition) is 6. The maximum Gasteiger partial charge on any atom is 0.408 e. The maximum atomic E-state index is 12.5. The summed E-state index contributed by atoms with van der Waals surface area (Å²) in [5.74, 6) is -0.899. The van der Waals surface area contributed by atoms with Crippen LogP contribution in [-0.2, 0) is 9.53 Å². The van der Waals surface area contributed by atoms with Crippen LogP contribution in [0.15, 0.2) is 29.6 Å². The topological polar surface area (TPSA) is 115 Å². The fourth-order valence-electron chi connectivity index (χ4n) is 2.31. The molecule has 2 amide bonds. The number of amides is 2. The van der Waals surface area contributed by atoms with Crippen molar-refractivity contribution in [3.05, 3.63) is 35.2 Å². The Labute approximate surface area is 148 Å². The first kappa shape index (κ1) is 18.2. The first-order valence-electron chi connectivity index (χ1n) is 7.55. The maximum absolute atomic E-state index is 12.5. The lowest BCUT2D eigenvalue weighted by molar-refractivity contribution is -0.122. The van der Waals surface area contributed by atoms with Gasteiger partial charge in [0.1, 0.15) is 6.07 Å². The standard InChI is InChI=1S/C17H16N4O3S/c18-6-3-8-20-16(22)13(10-21-17(23)24-9-7-19)14-11-25-15-5-2-1-4-12(14)15/h1-2,4-5,11,13H,3,8-10H2,(H,20,22)(H,21,23). The van der Waals surface area contributed by atoms with Gasteiger partial charge >= 0.3 is 6.09 Å². The molecule has 1 unspecified atom stereocenters. The van der Waals surface area contributed by atoms with Gasteiger partial charge < -0.3 is 15.4 Å². The summed E-state index contributed by atoms with van der Waals surface area (Å²) < 4.78 is 5.68. The van der Waals surface area contributed by atoms with Gasteiger partial charge in [-0.15, -0.1) is 11.3 Å². The van der Waals surface area contributed by atoms with Crippen molar-refractivity contribution < 1.29 is 14.3 Å². The van der Waals surface area contributed by atoms with Gasteiger partial charge in [-0.05, 0) is 22.4 Å². The van der Waals surface area contributed by atoms with Crippen LogP contribution < -0.4 is 10.6 Å². The molecule has 0 saturated heterocycles. The number of fused-ring (bicyclic) bond motifs is 1. The van der Waals surface area contributed by atoms with Gasteiger partial charge in [-0.3, -0.25) is 4.79 Å². The number of nitrogens with one attached hydrogen (secondary N) is 2. The van der Waals surface area contributed by atoms with E-state index in [-0.39, 0.29) is 32.0 Å². The summed E-state index contributed by atoms with van der Waals surface area (Å²) in [5.41, 5.74) is 0.802. The molecule has 0 fully saturated rings. The van der Waals surface area contributed by atoms with Gasteiger partial charge in [0.05, 0.1) is 18.4 Å². The van der Waals surface area contributed by atoms with Crippen molar-refractivity contribution in [1.82, 2.24) is 10.6 Å². The molecule has 0 aliphatic carbocycles. The zero-order chi connectivity index (χ0) is 18.1. The molecule has 0 aliphatic heterocycles. The van der Waals surface area contributed by atoms with Gasteiger partial charge in [-0.25, -0.2) is 4.79 Å². The molecule has 2 aromatic rings. The Morgan fingerprint density at radius 2 is 2.00 bits per heavy atom. The van der Waals surface area contributed by atoms with Crippen LogP contribution in [-0.4, -0.2) is 31.7 Å². The van der Waals surface area contributed by atoms with Crippen LogP contribution in [0, 0.1) is 22.7 Å². The Kier molecular flexibility index (Phi) is 6.76. The lowest BCUT2D eigenvalue weighted by atomic mass is 9.97. The fraction of sp³-hybridized carbons (Fsp3) is 0.294. The van der Waals surface area contributed by atoms with E-state index in [4.69, 9.17) is 10.5 Å². The number of hydrogen-bond donors (Lipinski definition) is 2. The van der Waals surface area contributed by atoms with Crippen LogP contribution in [0.1, 0.15) is 17.9 Å². The molecule has 7 nitrogen and oxygen atoms in total. The van der Waals surface area contributed by atoms with E-state index in [0.717, 1.165) is 15.6 Å². The Balaban J connectivity index is 2.17. The molecule has 1 aromatic carbocycles. The van der Waals surface area contributed by atoms with E-state index >= 15 is 0 Å². The Morgan fingerprint density at radius 3 is 2.76 bits per heavy atom. The van der Waals surface area contributed by atoms with Gasteiger partial charge in [0.25, 0.3) is 0 Å². The van der Waals surface area contributed by atoms with E-state index in [9.17, 15) is 9.59 Å². The highest BCUT2D eigenvalue weighted by Crippen LogP contribution is 2.31. The molecule has 1 atom stereocenters. The highest BCUT2D eigenvalue weighted by atomic mass is 32.1. The largest absolute Gasteiger partial charge is 0.434 e. The molecule has 128 valence electrons. The van der Waals surface area contributed by atoms with Crippen LogP contribution in [0.3, 0.4) is 0 Å². The highest BCUT2D eigenvalue weighted by Gasteiger charge is 2.24. The summed E-state index contributed by atoms with van der Waals surface area (Å²) in [6.07, 6.45) is -0.545. The summed E-state index contributed by atoms with van der Waals surface area (Å²) in [5, 5.41) is 25.1. The van der Waals surface area contributed by atoms with E-state index in [1.165, 1.54) is 11.3 Å². The lowest BCUT2D eigenvalue weighted by Crippen LogP contribution is -2.38. The van der Waals surface area contributed by atoms with E-state index in [2.05, 4.69) is 15.4 Å². The van der Waals surface area contributed by atoms with Gasteiger partial charge in [0.15, 0.2) is 6.61 Å². The summed E-state index contributed by atoms with van der Waals surface area (Å²) in [6.45, 7) is -0.0809.